The van der Waals surface area contributed by atoms with Gasteiger partial charge in [-0.1, -0.05) is 59.6 Å². The van der Waals surface area contributed by atoms with Crippen LogP contribution in [-0.2, 0) is 13.0 Å². The fourth-order valence-electron chi connectivity index (χ4n) is 4.24. The van der Waals surface area contributed by atoms with Gasteiger partial charge in [-0.25, -0.2) is 4.79 Å². The van der Waals surface area contributed by atoms with E-state index < -0.39 is 6.03 Å². The number of allylic oxidation sites excluding steroid dienone is 1. The summed E-state index contributed by atoms with van der Waals surface area (Å²) < 4.78 is 5.99. The maximum atomic E-state index is 13.1. The molecule has 0 unspecified atom stereocenters. The number of hydrogen-bond donors (Lipinski definition) is 1. The Morgan fingerprint density at radius 1 is 1.11 bits per heavy atom. The predicted octanol–water partition coefficient (Wildman–Crippen LogP) is 6.22. The molecule has 0 atom stereocenters. The first-order chi connectivity index (χ1) is 18.2. The van der Waals surface area contributed by atoms with Gasteiger partial charge in [0.1, 0.15) is 11.8 Å². The number of nitrogens with zero attached hydrogens (tertiary/aromatic N) is 4. The number of hydrazone groups is 1. The monoisotopic (exact) mass is 545 g/mol. The molecule has 2 aliphatic rings. The lowest BCUT2D eigenvalue weighted by Crippen LogP contribution is -2.42. The molecule has 0 saturated heterocycles. The van der Waals surface area contributed by atoms with Crippen molar-refractivity contribution in [3.05, 3.63) is 99.2 Å². The van der Waals surface area contributed by atoms with Crippen LogP contribution in [0.3, 0.4) is 0 Å². The summed E-state index contributed by atoms with van der Waals surface area (Å²) >= 11 is 12.9. The number of nitrogens with one attached hydrogen (secondary N) is 1. The van der Waals surface area contributed by atoms with E-state index in [1.165, 1.54) is 17.7 Å². The van der Waals surface area contributed by atoms with E-state index in [2.05, 4.69) is 17.0 Å². The van der Waals surface area contributed by atoms with E-state index in [0.29, 0.717) is 30.8 Å². The Bertz CT molecular complexity index is 1540. The zero-order valence-electron chi connectivity index (χ0n) is 20.3. The van der Waals surface area contributed by atoms with Crippen LogP contribution >= 0.6 is 23.2 Å². The van der Waals surface area contributed by atoms with Crippen molar-refractivity contribution < 1.29 is 14.3 Å². The van der Waals surface area contributed by atoms with Crippen LogP contribution in [0.15, 0.2) is 72.0 Å². The van der Waals surface area contributed by atoms with Crippen molar-refractivity contribution in [2.24, 2.45) is 5.10 Å². The summed E-state index contributed by atoms with van der Waals surface area (Å²) in [5, 5.41) is 16.9. The molecular formula is C28H21Cl2N5O3. The number of carbonyl (C=O) groups excluding carboxylic acids is 2. The number of aryl methyl sites for hydroxylation is 1. The van der Waals surface area contributed by atoms with Crippen molar-refractivity contribution in [1.29, 1.82) is 5.26 Å². The van der Waals surface area contributed by atoms with E-state index in [9.17, 15) is 14.9 Å². The number of urea groups is 1. The highest BCUT2D eigenvalue weighted by Gasteiger charge is 2.27. The molecule has 8 nitrogen and oxygen atoms in total. The number of hydrogen-bond acceptors (Lipinski definition) is 5. The summed E-state index contributed by atoms with van der Waals surface area (Å²) in [5.41, 5.74) is 4.08. The highest BCUT2D eigenvalue weighted by atomic mass is 35.5. The summed E-state index contributed by atoms with van der Waals surface area (Å²) in [4.78, 5) is 27.3. The van der Waals surface area contributed by atoms with Gasteiger partial charge >= 0.3 is 6.03 Å². The molecule has 0 fully saturated rings. The summed E-state index contributed by atoms with van der Waals surface area (Å²) in [6.07, 6.45) is 0.680. The third-order valence-corrected chi connectivity index (χ3v) is 6.79. The predicted molar refractivity (Wildman–Crippen MR) is 146 cm³/mol. The topological polar surface area (TPSA) is 98.0 Å². The number of fused-ring (bicyclic) bond motifs is 1. The highest BCUT2D eigenvalue weighted by molar-refractivity contribution is 6.37. The summed E-state index contributed by atoms with van der Waals surface area (Å²) in [6.45, 7) is 6.77. The lowest BCUT2D eigenvalue weighted by atomic mass is 9.98. The minimum atomic E-state index is -0.606. The van der Waals surface area contributed by atoms with Crippen molar-refractivity contribution in [3.8, 4) is 17.6 Å². The van der Waals surface area contributed by atoms with Crippen LogP contribution in [0.4, 0.5) is 10.5 Å². The van der Waals surface area contributed by atoms with Crippen molar-refractivity contribution in [1.82, 2.24) is 10.2 Å². The fraction of sp³-hybridized carbons (Fsp3) is 0.143. The Hall–Kier alpha value is -4.32. The molecule has 1 N–H and O–H groups in total. The molecule has 0 saturated carbocycles. The van der Waals surface area contributed by atoms with Crippen molar-refractivity contribution in [2.45, 2.75) is 19.9 Å². The van der Waals surface area contributed by atoms with E-state index in [4.69, 9.17) is 27.9 Å². The number of amides is 3. The first-order valence-corrected chi connectivity index (χ1v) is 12.4. The van der Waals surface area contributed by atoms with Gasteiger partial charge in [-0.05, 0) is 54.8 Å². The number of ether oxygens (including phenoxy) is 1. The minimum absolute atomic E-state index is 0.0291. The molecule has 0 spiro atoms. The van der Waals surface area contributed by atoms with Gasteiger partial charge in [-0.3, -0.25) is 4.79 Å². The number of nitriles is 1. The van der Waals surface area contributed by atoms with Gasteiger partial charge in [0.05, 0.1) is 21.4 Å². The molecule has 190 valence electrons. The average molecular weight is 546 g/mol. The van der Waals surface area contributed by atoms with Gasteiger partial charge in [-0.15, -0.1) is 0 Å². The van der Waals surface area contributed by atoms with Gasteiger partial charge in [0.15, 0.2) is 11.5 Å². The Morgan fingerprint density at radius 2 is 1.82 bits per heavy atom. The molecule has 2 aliphatic heterocycles. The highest BCUT2D eigenvalue weighted by Crippen LogP contribution is 2.41. The summed E-state index contributed by atoms with van der Waals surface area (Å²) in [6, 6.07) is 17.6. The Balaban J connectivity index is 1.35. The van der Waals surface area contributed by atoms with Gasteiger partial charge in [0.25, 0.3) is 5.91 Å². The first-order valence-electron chi connectivity index (χ1n) is 11.7. The van der Waals surface area contributed by atoms with Crippen LogP contribution in [0.25, 0.3) is 0 Å². The smallest absolute Gasteiger partial charge is 0.347 e. The lowest BCUT2D eigenvalue weighted by molar-refractivity contribution is 0.0727. The van der Waals surface area contributed by atoms with E-state index >= 15 is 0 Å². The molecule has 0 aromatic heterocycles. The number of anilines is 1. The Labute approximate surface area is 229 Å². The molecule has 38 heavy (non-hydrogen) atoms. The van der Waals surface area contributed by atoms with E-state index in [1.54, 1.807) is 12.1 Å². The number of carbonyl (C=O) groups is 2. The first kappa shape index (κ1) is 25.3. The third kappa shape index (κ3) is 4.94. The standard InChI is InChI=1S/C28H21Cl2N5O3/c1-16-3-5-18(6-4-16)15-34-10-9-19-11-21(7-8-22(19)27(34)36)38-26-23(29)12-20(13-24(26)30)35-28(37)32-17(2)25(14-31)33-35/h3-8,11-13H,2,9-10,15H2,1H3,(H,32,37). The van der Waals surface area contributed by atoms with Crippen molar-refractivity contribution in [3.63, 3.8) is 0 Å². The molecule has 5 rings (SSSR count). The zero-order chi connectivity index (χ0) is 27.0. The van der Waals surface area contributed by atoms with Gasteiger partial charge in [0, 0.05) is 18.7 Å². The summed E-state index contributed by atoms with van der Waals surface area (Å²) in [5.74, 6) is 0.627. The van der Waals surface area contributed by atoms with E-state index in [0.717, 1.165) is 16.1 Å². The van der Waals surface area contributed by atoms with Crippen LogP contribution in [0.5, 0.6) is 11.5 Å². The van der Waals surface area contributed by atoms with Crippen molar-refractivity contribution in [2.75, 3.05) is 11.6 Å². The maximum absolute atomic E-state index is 13.1. The second-order valence-corrected chi connectivity index (χ2v) is 9.72. The maximum Gasteiger partial charge on any atom is 0.347 e. The number of rotatable bonds is 5. The normalized spacial score (nSPS) is 15.0. The molecule has 0 aliphatic carbocycles. The SMILES string of the molecule is C=C1NC(=O)N(c2cc(Cl)c(Oc3ccc4c(c3)CCN(Cc3ccc(C)cc3)C4=O)c(Cl)c2)N=C1C#N. The molecule has 0 bridgehead atoms. The number of halogens is 2. The fourth-order valence-corrected chi connectivity index (χ4v) is 4.79. The minimum Gasteiger partial charge on any atom is -0.454 e. The molecule has 0 radical (unpaired) electrons. The average Bonchev–Trinajstić information content (AvgIpc) is 2.89. The van der Waals surface area contributed by atoms with Crippen molar-refractivity contribution >= 4 is 46.5 Å². The Kier molecular flexibility index (Phi) is 6.81. The molecule has 3 amide bonds. The Morgan fingerprint density at radius 3 is 2.50 bits per heavy atom. The second kappa shape index (κ2) is 10.2. The molecular weight excluding hydrogens is 525 g/mol. The van der Waals surface area contributed by atoms with Crippen LogP contribution < -0.4 is 15.1 Å². The second-order valence-electron chi connectivity index (χ2n) is 8.90. The molecule has 3 aromatic rings. The van der Waals surface area contributed by atoms with Gasteiger partial charge in [0.2, 0.25) is 0 Å². The largest absolute Gasteiger partial charge is 0.454 e. The lowest BCUT2D eigenvalue weighted by Gasteiger charge is -2.29. The molecule has 3 aromatic carbocycles. The van der Waals surface area contributed by atoms with E-state index in [-0.39, 0.29) is 38.8 Å². The zero-order valence-corrected chi connectivity index (χ0v) is 21.8. The number of benzene rings is 3. The quantitative estimate of drug-likeness (QED) is 0.411. The van der Waals surface area contributed by atoms with Crippen LogP contribution in [-0.4, -0.2) is 29.1 Å². The summed E-state index contributed by atoms with van der Waals surface area (Å²) in [7, 11) is 0. The van der Waals surface area contributed by atoms with Gasteiger partial charge < -0.3 is 15.0 Å². The molecule has 2 heterocycles. The van der Waals surface area contributed by atoms with Crippen LogP contribution in [0, 0.1) is 18.3 Å². The third-order valence-electron chi connectivity index (χ3n) is 6.23. The van der Waals surface area contributed by atoms with E-state index in [1.807, 2.05) is 48.2 Å². The van der Waals surface area contributed by atoms with Crippen LogP contribution in [0.2, 0.25) is 10.0 Å². The molecule has 10 heteroatoms. The van der Waals surface area contributed by atoms with Crippen LogP contribution in [0.1, 0.15) is 27.0 Å². The van der Waals surface area contributed by atoms with Gasteiger partial charge in [-0.2, -0.15) is 15.4 Å².